The van der Waals surface area contributed by atoms with Gasteiger partial charge in [-0.25, -0.2) is 0 Å². The van der Waals surface area contributed by atoms with Crippen molar-refractivity contribution < 1.29 is 29.6 Å². The Kier molecular flexibility index (Phi) is 10.4. The fourth-order valence-corrected chi connectivity index (χ4v) is 7.65. The number of thioether (sulfide) groups is 1. The van der Waals surface area contributed by atoms with E-state index in [9.17, 15) is 34.7 Å². The Morgan fingerprint density at radius 1 is 0.898 bits per heavy atom. The average Bonchev–Trinajstić information content (AvgIpc) is 3.13. The van der Waals surface area contributed by atoms with Crippen LogP contribution in [0.25, 0.3) is 11.1 Å². The van der Waals surface area contributed by atoms with Gasteiger partial charge in [0.15, 0.2) is 5.78 Å². The number of benzene rings is 4. The number of Topliss-reactive ketones (excluding diaryl/α,β-unsaturated/α-hetero) is 1. The number of β-lactam (4-membered cyclic amide) rings is 1. The number of carbonyl (C=O) groups excluding carboxylic acids is 2. The number of nitroso groups, excluding NO2 is 2. The molecule has 0 aliphatic carbocycles. The molecule has 49 heavy (non-hydrogen) atoms. The molecule has 3 N–H and O–H groups in total. The molecule has 2 fully saturated rings. The Labute approximate surface area is 286 Å². The number of nitrogens with zero attached hydrogens (tertiary/aromatic N) is 3. The molecule has 0 radical (unpaired) electrons. The molecule has 4 aromatic rings. The van der Waals surface area contributed by atoms with E-state index in [2.05, 4.69) is 10.4 Å². The predicted molar refractivity (Wildman–Crippen MR) is 187 cm³/mol. The van der Waals surface area contributed by atoms with Gasteiger partial charge in [0.25, 0.3) is 0 Å². The fraction of sp³-hybridized carbons (Fsp3) is 0.297. The number of hydrogen-bond acceptors (Lipinski definition) is 11. The molecule has 252 valence electrons. The lowest BCUT2D eigenvalue weighted by Crippen LogP contribution is -2.57. The molecule has 0 spiro atoms. The van der Waals surface area contributed by atoms with Gasteiger partial charge in [0.05, 0.1) is 12.6 Å². The van der Waals surface area contributed by atoms with Crippen LogP contribution in [0.15, 0.2) is 107 Å². The molecule has 11 nitrogen and oxygen atoms in total. The third kappa shape index (κ3) is 6.83. The number of para-hydroxylation sites is 1. The van der Waals surface area contributed by atoms with Crippen LogP contribution in [-0.2, 0) is 9.53 Å². The molecular formula is C37H35N3O8S. The van der Waals surface area contributed by atoms with Crippen LogP contribution >= 0.6 is 11.8 Å². The molecule has 0 saturated carbocycles. The Hall–Kier alpha value is -4.59. The number of amides is 1. The van der Waals surface area contributed by atoms with Gasteiger partial charge in [-0.05, 0) is 47.0 Å². The first kappa shape index (κ1) is 34.3. The van der Waals surface area contributed by atoms with E-state index in [-0.39, 0.29) is 23.8 Å². The first-order valence-electron chi connectivity index (χ1n) is 15.9. The monoisotopic (exact) mass is 681 g/mol. The lowest BCUT2D eigenvalue weighted by Gasteiger charge is -2.47. The number of ether oxygens (including phenoxy) is 1. The summed E-state index contributed by atoms with van der Waals surface area (Å²) in [5.74, 6) is 0.312. The lowest BCUT2D eigenvalue weighted by molar-refractivity contribution is -0.189. The van der Waals surface area contributed by atoms with E-state index in [1.807, 2.05) is 55.5 Å². The fourth-order valence-electron chi connectivity index (χ4n) is 6.39. The molecular weight excluding hydrogens is 646 g/mol. The summed E-state index contributed by atoms with van der Waals surface area (Å²) in [5, 5.41) is 36.3. The van der Waals surface area contributed by atoms with Gasteiger partial charge in [-0.15, -0.1) is 16.7 Å². The number of aliphatic hydroxyl groups excluding tert-OH is 3. The standard InChI is InChI=1S/C37H35N3O8S/c1-21-7-9-23(10-8-21)29(42)17-18-49-36-32(40(37(36)45)26-5-3-2-4-6-26)27-16-15-25(19-28(27)38-46)22-11-13-24(14-12-22)35-34(44)33(43)31(39-47)30(20-41)48-35/h2-16,19,30-36,41,43-44H,17-18,20H2,1H3. The molecule has 1 amide bonds. The molecule has 2 saturated heterocycles. The summed E-state index contributed by atoms with van der Waals surface area (Å²) >= 11 is 1.39. The highest BCUT2D eigenvalue weighted by molar-refractivity contribution is 8.00. The predicted octanol–water partition coefficient (Wildman–Crippen LogP) is 5.81. The summed E-state index contributed by atoms with van der Waals surface area (Å²) in [6, 6.07) is 27.0. The Morgan fingerprint density at radius 3 is 2.24 bits per heavy atom. The quantitative estimate of drug-likeness (QED) is 0.0950. The molecule has 12 heteroatoms. The minimum atomic E-state index is -1.51. The van der Waals surface area contributed by atoms with Crippen LogP contribution in [0.1, 0.15) is 45.6 Å². The zero-order valence-corrected chi connectivity index (χ0v) is 27.3. The van der Waals surface area contributed by atoms with Gasteiger partial charge in [-0.2, -0.15) is 4.91 Å². The van der Waals surface area contributed by atoms with Gasteiger partial charge in [0.1, 0.15) is 41.4 Å². The molecule has 2 aliphatic rings. The van der Waals surface area contributed by atoms with E-state index in [0.29, 0.717) is 33.7 Å². The summed E-state index contributed by atoms with van der Waals surface area (Å²) in [6.45, 7) is 1.41. The maximum Gasteiger partial charge on any atom is 0.243 e. The molecule has 6 rings (SSSR count). The first-order valence-corrected chi connectivity index (χ1v) is 16.9. The van der Waals surface area contributed by atoms with Crippen LogP contribution in [0, 0.1) is 16.7 Å². The molecule has 0 aromatic heterocycles. The SMILES string of the molecule is Cc1ccc(C(=O)CCSC2C(=O)N(c3ccccc3)C2c2ccc(-c3ccc(C4OC(CO)C(N=O)C(O)C4O)cc3)cc2N=O)cc1. The second-order valence-electron chi connectivity index (χ2n) is 12.2. The maximum absolute atomic E-state index is 13.5. The molecule has 4 aromatic carbocycles. The van der Waals surface area contributed by atoms with Crippen molar-refractivity contribution in [2.24, 2.45) is 10.4 Å². The highest BCUT2D eigenvalue weighted by Crippen LogP contribution is 2.48. The minimum absolute atomic E-state index is 0.00234. The average molecular weight is 682 g/mol. The van der Waals surface area contributed by atoms with Crippen molar-refractivity contribution in [2.75, 3.05) is 17.3 Å². The normalized spacial score (nSPS) is 25.0. The van der Waals surface area contributed by atoms with Crippen LogP contribution in [0.4, 0.5) is 11.4 Å². The molecule has 7 atom stereocenters. The second-order valence-corrected chi connectivity index (χ2v) is 13.4. The van der Waals surface area contributed by atoms with Crippen molar-refractivity contribution in [1.82, 2.24) is 0 Å². The number of carbonyl (C=O) groups is 2. The largest absolute Gasteiger partial charge is 0.394 e. The van der Waals surface area contributed by atoms with Crippen molar-refractivity contribution in [2.45, 2.75) is 55.1 Å². The van der Waals surface area contributed by atoms with Crippen molar-refractivity contribution in [1.29, 1.82) is 0 Å². The number of aryl methyl sites for hydroxylation is 1. The van der Waals surface area contributed by atoms with E-state index in [0.717, 1.165) is 11.1 Å². The van der Waals surface area contributed by atoms with Gasteiger partial charge in [0, 0.05) is 29.0 Å². The summed E-state index contributed by atoms with van der Waals surface area (Å²) in [4.78, 5) is 51.4. The summed E-state index contributed by atoms with van der Waals surface area (Å²) in [7, 11) is 0. The lowest BCUT2D eigenvalue weighted by atomic mass is 9.88. The van der Waals surface area contributed by atoms with Gasteiger partial charge < -0.3 is 25.0 Å². The molecule has 2 aliphatic heterocycles. The second kappa shape index (κ2) is 14.9. The molecule has 0 bridgehead atoms. The maximum atomic E-state index is 13.5. The van der Waals surface area contributed by atoms with Crippen molar-refractivity contribution >= 4 is 34.8 Å². The Morgan fingerprint density at radius 2 is 1.59 bits per heavy atom. The Bertz CT molecular complexity index is 1820. The van der Waals surface area contributed by atoms with E-state index in [1.54, 1.807) is 53.4 Å². The van der Waals surface area contributed by atoms with Crippen LogP contribution in [0.2, 0.25) is 0 Å². The van der Waals surface area contributed by atoms with Crippen molar-refractivity contribution in [3.63, 3.8) is 0 Å². The molecule has 2 heterocycles. The van der Waals surface area contributed by atoms with Crippen molar-refractivity contribution in [3.8, 4) is 11.1 Å². The highest BCUT2D eigenvalue weighted by atomic mass is 32.2. The third-order valence-corrected chi connectivity index (χ3v) is 10.4. The van der Waals surface area contributed by atoms with Crippen molar-refractivity contribution in [3.05, 3.63) is 129 Å². The van der Waals surface area contributed by atoms with Crippen LogP contribution in [0.5, 0.6) is 0 Å². The van der Waals surface area contributed by atoms with Crippen LogP contribution in [-0.4, -0.2) is 69.0 Å². The third-order valence-electron chi connectivity index (χ3n) is 9.11. The van der Waals surface area contributed by atoms with E-state index < -0.39 is 48.4 Å². The highest BCUT2D eigenvalue weighted by Gasteiger charge is 2.50. The Balaban J connectivity index is 1.23. The number of ketones is 1. The topological polar surface area (TPSA) is 166 Å². The van der Waals surface area contributed by atoms with Gasteiger partial charge in [-0.1, -0.05) is 89.6 Å². The zero-order chi connectivity index (χ0) is 34.7. The van der Waals surface area contributed by atoms with Crippen LogP contribution in [0.3, 0.4) is 0 Å². The van der Waals surface area contributed by atoms with Gasteiger partial charge >= 0.3 is 0 Å². The molecule has 7 unspecified atom stereocenters. The summed E-state index contributed by atoms with van der Waals surface area (Å²) in [5.41, 5.74) is 5.06. The minimum Gasteiger partial charge on any atom is -0.394 e. The van der Waals surface area contributed by atoms with Gasteiger partial charge in [-0.3, -0.25) is 9.59 Å². The van der Waals surface area contributed by atoms with E-state index in [4.69, 9.17) is 4.74 Å². The summed E-state index contributed by atoms with van der Waals surface area (Å²) in [6.07, 6.45) is -4.76. The number of hydrogen-bond donors (Lipinski definition) is 3. The first-order chi connectivity index (χ1) is 23.7. The number of aliphatic hydroxyl groups is 3. The van der Waals surface area contributed by atoms with E-state index in [1.165, 1.54) is 11.8 Å². The zero-order valence-electron chi connectivity index (χ0n) is 26.5. The van der Waals surface area contributed by atoms with Crippen LogP contribution < -0.4 is 4.90 Å². The summed E-state index contributed by atoms with van der Waals surface area (Å²) < 4.78 is 5.72. The van der Waals surface area contributed by atoms with E-state index >= 15 is 0 Å². The number of anilines is 1. The van der Waals surface area contributed by atoms with Gasteiger partial charge in [0.2, 0.25) is 5.91 Å². The smallest absolute Gasteiger partial charge is 0.243 e. The number of rotatable bonds is 12.